The third-order valence-corrected chi connectivity index (χ3v) is 6.36. The quantitative estimate of drug-likeness (QED) is 0.183. The number of rotatable bonds is 11. The van der Waals surface area contributed by atoms with E-state index >= 15 is 0 Å². The van der Waals surface area contributed by atoms with Crippen molar-refractivity contribution in [2.75, 3.05) is 6.61 Å². The van der Waals surface area contributed by atoms with Gasteiger partial charge in [0.25, 0.3) is 0 Å². The van der Waals surface area contributed by atoms with Gasteiger partial charge in [-0.3, -0.25) is 14.4 Å². The molecule has 0 aromatic rings. The molecule has 176 valence electrons. The van der Waals surface area contributed by atoms with Gasteiger partial charge in [0.05, 0.1) is 0 Å². The minimum Gasteiger partial charge on any atom is -0.677 e. The average molecular weight is 607 g/mol. The Bertz CT molecular complexity index is 522. The Morgan fingerprint density at radius 1 is 0.967 bits per heavy atom. The Hall–Kier alpha value is -0.782. The van der Waals surface area contributed by atoms with Gasteiger partial charge in [-0.15, -0.1) is 0 Å². The number of carbonyl (C=O) groups excluding carboxylic acids is 1. The molecule has 0 aliphatic heterocycles. The Morgan fingerprint density at radius 2 is 1.53 bits per heavy atom. The zero-order chi connectivity index (χ0) is 21.9. The molecule has 0 heterocycles. The summed E-state index contributed by atoms with van der Waals surface area (Å²) in [5.41, 5.74) is 6.36. The summed E-state index contributed by atoms with van der Waals surface area (Å²) in [6, 6.07) is 0.0697. The molecule has 0 aromatic carbocycles. The van der Waals surface area contributed by atoms with Crippen molar-refractivity contribution in [2.45, 2.75) is 89.5 Å². The molecule has 2 rings (SSSR count). The van der Waals surface area contributed by atoms with Crippen LogP contribution in [0.1, 0.15) is 83.5 Å². The second-order valence-corrected chi connectivity index (χ2v) is 8.59. The maximum Gasteiger partial charge on any atom is 2.00 e. The van der Waals surface area contributed by atoms with E-state index in [-0.39, 0.29) is 52.3 Å². The second kappa shape index (κ2) is 15.1. The topological polar surface area (TPSA) is 136 Å². The van der Waals surface area contributed by atoms with Crippen LogP contribution in [0.4, 0.5) is 0 Å². The molecule has 0 radical (unpaired) electrons. The zero-order valence-corrected chi connectivity index (χ0v) is 20.0. The smallest absolute Gasteiger partial charge is 0.677 e. The molecule has 0 spiro atoms. The molecular weight excluding hydrogens is 569 g/mol. The first-order chi connectivity index (χ1) is 13.7. The predicted molar refractivity (Wildman–Crippen MR) is 110 cm³/mol. The number of carbonyl (C=O) groups is 3. The summed E-state index contributed by atoms with van der Waals surface area (Å²) in [4.78, 5) is 31.6. The first kappa shape index (κ1) is 29.2. The molecule has 2 aliphatic rings. The third-order valence-electron chi connectivity index (χ3n) is 6.36. The molecule has 0 aromatic heterocycles. The standard InChI is InChI=1S/C16H29NO2.C6H8O4.Pt/c1-13-11-14(9-10-16(13)17)7-5-3-2-4-6-8-15(19)12-18;7-4(8)6(5(9)10)2-1-3-6;/h13-14,16-18H,1-12H2;1-3H2,(H,7,8)(H,9,10);/q-2;;+2/t13-,14?,16-;;/m1../s1. The Labute approximate surface area is 194 Å². The summed E-state index contributed by atoms with van der Waals surface area (Å²) in [5.74, 6) is -1.31. The average Bonchev–Trinajstić information content (AvgIpc) is 2.62. The fraction of sp³-hybridized carbons (Fsp3) is 0.818. The van der Waals surface area contributed by atoms with Gasteiger partial charge >= 0.3 is 33.0 Å². The number of Topliss-reactive ketones (excluding diaryl/α,β-unsaturated/α-hetero) is 1. The van der Waals surface area contributed by atoms with E-state index < -0.39 is 17.4 Å². The van der Waals surface area contributed by atoms with Crippen LogP contribution in [0.3, 0.4) is 0 Å². The van der Waals surface area contributed by atoms with Gasteiger partial charge in [-0.05, 0) is 31.6 Å². The largest absolute Gasteiger partial charge is 2.00 e. The summed E-state index contributed by atoms with van der Waals surface area (Å²) < 4.78 is 0. The Morgan fingerprint density at radius 3 is 1.97 bits per heavy atom. The maximum atomic E-state index is 10.9. The number of unbranched alkanes of at least 4 members (excludes halogenated alkanes) is 4. The molecule has 8 heteroatoms. The molecule has 7 nitrogen and oxygen atoms in total. The molecule has 4 N–H and O–H groups in total. The number of aliphatic carboxylic acids is 2. The predicted octanol–water partition coefficient (Wildman–Crippen LogP) is 4.27. The van der Waals surface area contributed by atoms with E-state index in [2.05, 4.69) is 6.92 Å². The van der Waals surface area contributed by atoms with Crippen molar-refractivity contribution in [3.8, 4) is 0 Å². The van der Waals surface area contributed by atoms with Crippen LogP contribution in [-0.2, 0) is 35.4 Å². The minimum absolute atomic E-state index is 0. The number of carboxylic acid groups (broad SMARTS) is 2. The zero-order valence-electron chi connectivity index (χ0n) is 17.7. The van der Waals surface area contributed by atoms with Crippen LogP contribution in [0.25, 0.3) is 5.73 Å². The molecule has 0 amide bonds. The van der Waals surface area contributed by atoms with Crippen molar-refractivity contribution in [2.24, 2.45) is 17.3 Å². The van der Waals surface area contributed by atoms with Crippen LogP contribution in [-0.4, -0.2) is 45.7 Å². The maximum absolute atomic E-state index is 10.9. The van der Waals surface area contributed by atoms with E-state index in [1.165, 1.54) is 32.1 Å². The van der Waals surface area contributed by atoms with Crippen molar-refractivity contribution in [1.29, 1.82) is 0 Å². The molecule has 0 saturated heterocycles. The number of hydrogen-bond acceptors (Lipinski definition) is 4. The van der Waals surface area contributed by atoms with Gasteiger partial charge in [-0.1, -0.05) is 51.4 Å². The van der Waals surface area contributed by atoms with Gasteiger partial charge in [0.1, 0.15) is 6.61 Å². The molecule has 2 saturated carbocycles. The molecule has 3 atom stereocenters. The molecule has 30 heavy (non-hydrogen) atoms. The molecule has 0 bridgehead atoms. The third kappa shape index (κ3) is 9.57. The summed E-state index contributed by atoms with van der Waals surface area (Å²) in [5, 5.41) is 25.5. The number of nitrogens with one attached hydrogen (secondary N) is 1. The molecular formula is C22H37NO6Pt. The second-order valence-electron chi connectivity index (χ2n) is 8.59. The summed E-state index contributed by atoms with van der Waals surface area (Å²) in [6.45, 7) is 3.78. The summed E-state index contributed by atoms with van der Waals surface area (Å²) >= 11 is 0. The van der Waals surface area contributed by atoms with Crippen LogP contribution in [0, 0.1) is 24.2 Å². The fourth-order valence-electron chi connectivity index (χ4n) is 4.04. The van der Waals surface area contributed by atoms with E-state index in [1.807, 2.05) is 0 Å². The molecule has 2 aliphatic carbocycles. The van der Waals surface area contributed by atoms with Crippen molar-refractivity contribution in [1.82, 2.24) is 0 Å². The van der Waals surface area contributed by atoms with Gasteiger partial charge in [0.15, 0.2) is 11.2 Å². The Balaban J connectivity index is 0.000000646. The van der Waals surface area contributed by atoms with Gasteiger partial charge < -0.3 is 28.0 Å². The number of carboxylic acids is 2. The van der Waals surface area contributed by atoms with Crippen LogP contribution in [0.15, 0.2) is 0 Å². The van der Waals surface area contributed by atoms with Crippen LogP contribution < -0.4 is 0 Å². The normalized spacial score (nSPS) is 24.4. The van der Waals surface area contributed by atoms with Crippen LogP contribution in [0.2, 0.25) is 0 Å². The van der Waals surface area contributed by atoms with Crippen molar-refractivity contribution in [3.63, 3.8) is 0 Å². The fourth-order valence-corrected chi connectivity index (χ4v) is 4.04. The molecule has 1 unspecified atom stereocenters. The number of hydrogen-bond donors (Lipinski definition) is 3. The first-order valence-electron chi connectivity index (χ1n) is 10.9. The SMILES string of the molecule is O=C(O)C1(C(=O)O)CCC1.[CH2-][C@@H]1CC(CCCCCCCC(=O)CO)CC[C@H]1[NH-].[Pt+2]. The van der Waals surface area contributed by atoms with Gasteiger partial charge in [-0.2, -0.15) is 12.0 Å². The van der Waals surface area contributed by atoms with Crippen molar-refractivity contribution >= 4 is 17.7 Å². The minimum atomic E-state index is -1.44. The van der Waals surface area contributed by atoms with E-state index in [0.717, 1.165) is 31.6 Å². The first-order valence-corrected chi connectivity index (χ1v) is 10.9. The van der Waals surface area contributed by atoms with Gasteiger partial charge in [0.2, 0.25) is 0 Å². The number of ketones is 1. The summed E-state index contributed by atoms with van der Waals surface area (Å²) in [6.07, 6.45) is 12.2. The van der Waals surface area contributed by atoms with Gasteiger partial charge in [0, 0.05) is 6.42 Å². The summed E-state index contributed by atoms with van der Waals surface area (Å²) in [7, 11) is 0. The van der Waals surface area contributed by atoms with Crippen molar-refractivity contribution < 1.29 is 50.8 Å². The van der Waals surface area contributed by atoms with E-state index in [1.54, 1.807) is 0 Å². The van der Waals surface area contributed by atoms with Crippen LogP contribution >= 0.6 is 0 Å². The van der Waals surface area contributed by atoms with Crippen LogP contribution in [0.5, 0.6) is 0 Å². The van der Waals surface area contributed by atoms with E-state index in [4.69, 9.17) is 21.1 Å². The van der Waals surface area contributed by atoms with E-state index in [0.29, 0.717) is 18.8 Å². The van der Waals surface area contributed by atoms with E-state index in [9.17, 15) is 14.4 Å². The Kier molecular flexibility index (Phi) is 14.7. The monoisotopic (exact) mass is 606 g/mol. The molecule has 2 fully saturated rings. The van der Waals surface area contributed by atoms with Gasteiger partial charge in [-0.25, -0.2) is 0 Å². The number of aliphatic hydroxyl groups is 1. The van der Waals surface area contributed by atoms with Crippen molar-refractivity contribution in [3.05, 3.63) is 12.7 Å². The number of aliphatic hydroxyl groups excluding tert-OH is 1.